The Morgan fingerprint density at radius 1 is 0.920 bits per heavy atom. The molecule has 7 rings (SSSR count). The lowest BCUT2D eigenvalue weighted by molar-refractivity contribution is 0.0982. The number of hydrogen-bond acceptors (Lipinski definition) is 11. The van der Waals surface area contributed by atoms with Gasteiger partial charge < -0.3 is 29.7 Å². The van der Waals surface area contributed by atoms with Crippen molar-refractivity contribution in [3.63, 3.8) is 0 Å². The topological polar surface area (TPSA) is 117 Å². The molecule has 50 heavy (non-hydrogen) atoms. The fourth-order valence-corrected chi connectivity index (χ4v) is 8.83. The maximum Gasteiger partial charge on any atom is 0.229 e. The smallest absolute Gasteiger partial charge is 0.229 e. The molecule has 2 aromatic carbocycles. The highest BCUT2D eigenvalue weighted by Gasteiger charge is 2.29. The van der Waals surface area contributed by atoms with Crippen molar-refractivity contribution in [1.29, 1.82) is 0 Å². The molecular formula is C36H44BrN10O2P. The quantitative estimate of drug-likeness (QED) is 0.169. The molecule has 0 amide bonds. The third kappa shape index (κ3) is 7.23. The van der Waals surface area contributed by atoms with Gasteiger partial charge in [0, 0.05) is 87.1 Å². The number of pyridine rings is 1. The number of ether oxygens (including phenoxy) is 1. The monoisotopic (exact) mass is 758 g/mol. The Hall–Kier alpha value is -4.03. The molecule has 0 bridgehead atoms. The molecule has 0 unspecified atom stereocenters. The summed E-state index contributed by atoms with van der Waals surface area (Å²) in [5, 5.41) is 13.2. The third-order valence-corrected chi connectivity index (χ3v) is 11.8. The Morgan fingerprint density at radius 3 is 2.38 bits per heavy atom. The number of para-hydroxylation sites is 1. The highest BCUT2D eigenvalue weighted by atomic mass is 79.9. The number of methoxy groups -OCH3 is 1. The molecule has 5 heterocycles. The molecule has 14 heteroatoms. The number of benzene rings is 2. The minimum Gasteiger partial charge on any atom is -0.494 e. The van der Waals surface area contributed by atoms with Gasteiger partial charge >= 0.3 is 0 Å². The number of nitrogens with zero attached hydrogens (tertiary/aromatic N) is 8. The Balaban J connectivity index is 1.18. The van der Waals surface area contributed by atoms with Crippen LogP contribution in [0.1, 0.15) is 12.8 Å². The van der Waals surface area contributed by atoms with Gasteiger partial charge in [0.1, 0.15) is 18.7 Å². The summed E-state index contributed by atoms with van der Waals surface area (Å²) in [6.07, 6.45) is 7.61. The fraction of sp³-hybridized carbons (Fsp3) is 0.389. The van der Waals surface area contributed by atoms with Crippen LogP contribution in [0, 0.1) is 0 Å². The van der Waals surface area contributed by atoms with Gasteiger partial charge in [-0.3, -0.25) is 14.6 Å². The highest BCUT2D eigenvalue weighted by Crippen LogP contribution is 2.43. The third-order valence-electron chi connectivity index (χ3n) is 9.70. The summed E-state index contributed by atoms with van der Waals surface area (Å²) in [4.78, 5) is 21.6. The molecule has 2 aliphatic rings. The van der Waals surface area contributed by atoms with Gasteiger partial charge in [-0.25, -0.2) is 4.98 Å². The highest BCUT2D eigenvalue weighted by molar-refractivity contribution is 9.10. The first-order valence-electron chi connectivity index (χ1n) is 17.0. The maximum absolute atomic E-state index is 13.5. The van der Waals surface area contributed by atoms with Gasteiger partial charge in [0.25, 0.3) is 0 Å². The SMILES string of the molecule is COc1cc(N2CCC(N3CCN(C)CC3)CC2)c(-c2ccn(C)n2)cc1Nc1ncc(Br)c(Nc2cnc3ccccc3c2P(C)(C)=O)n1. The number of likely N-dealkylation sites (N-methyl/N-ethyl adjacent to an activating group) is 1. The van der Waals surface area contributed by atoms with E-state index in [1.54, 1.807) is 32.8 Å². The number of piperidine rings is 1. The van der Waals surface area contributed by atoms with Crippen molar-refractivity contribution in [2.45, 2.75) is 18.9 Å². The molecule has 2 N–H and O–H groups in total. The Kier molecular flexibility index (Phi) is 9.85. The van der Waals surface area contributed by atoms with Gasteiger partial charge in [-0.1, -0.05) is 18.2 Å². The predicted octanol–water partition coefficient (Wildman–Crippen LogP) is 6.15. The minimum atomic E-state index is -2.70. The van der Waals surface area contributed by atoms with E-state index in [0.717, 1.165) is 90.9 Å². The number of aromatic nitrogens is 5. The summed E-state index contributed by atoms with van der Waals surface area (Å²) >= 11 is 3.61. The number of hydrogen-bond donors (Lipinski definition) is 2. The molecule has 0 atom stereocenters. The fourth-order valence-electron chi connectivity index (χ4n) is 7.08. The van der Waals surface area contributed by atoms with Gasteiger partial charge in [0.15, 0.2) is 0 Å². The van der Waals surface area contributed by atoms with Gasteiger partial charge in [0.2, 0.25) is 5.95 Å². The summed E-state index contributed by atoms with van der Waals surface area (Å²) < 4.78 is 22.0. The van der Waals surface area contributed by atoms with E-state index in [2.05, 4.69) is 70.4 Å². The van der Waals surface area contributed by atoms with Gasteiger partial charge in [0.05, 0.1) is 46.1 Å². The zero-order chi connectivity index (χ0) is 35.0. The van der Waals surface area contributed by atoms with Crippen LogP contribution in [0.5, 0.6) is 5.75 Å². The van der Waals surface area contributed by atoms with E-state index in [-0.39, 0.29) is 0 Å². The Labute approximate surface area is 301 Å². The normalized spacial score (nSPS) is 16.6. The first-order chi connectivity index (χ1) is 24.1. The van der Waals surface area contributed by atoms with E-state index >= 15 is 0 Å². The van der Waals surface area contributed by atoms with Crippen LogP contribution in [0.2, 0.25) is 0 Å². The molecular weight excluding hydrogens is 715 g/mol. The summed E-state index contributed by atoms with van der Waals surface area (Å²) in [5.74, 6) is 1.56. The number of aryl methyl sites for hydroxylation is 1. The summed E-state index contributed by atoms with van der Waals surface area (Å²) in [7, 11) is 3.12. The molecule has 2 fully saturated rings. The van der Waals surface area contributed by atoms with Crippen LogP contribution in [-0.4, -0.2) is 107 Å². The number of piperazine rings is 1. The predicted molar refractivity (Wildman–Crippen MR) is 207 cm³/mol. The summed E-state index contributed by atoms with van der Waals surface area (Å²) in [6.45, 7) is 10.0. The molecule has 0 spiro atoms. The lowest BCUT2D eigenvalue weighted by Crippen LogP contribution is -2.52. The number of anilines is 5. The van der Waals surface area contributed by atoms with Crippen LogP contribution in [0.15, 0.2) is 65.5 Å². The molecule has 262 valence electrons. The van der Waals surface area contributed by atoms with Crippen LogP contribution in [0.3, 0.4) is 0 Å². The lowest BCUT2D eigenvalue weighted by Gasteiger charge is -2.43. The van der Waals surface area contributed by atoms with Crippen molar-refractivity contribution in [1.82, 2.24) is 34.5 Å². The van der Waals surface area contributed by atoms with Crippen molar-refractivity contribution >= 4 is 68.1 Å². The second kappa shape index (κ2) is 14.3. The molecule has 2 saturated heterocycles. The number of nitrogens with one attached hydrogen (secondary N) is 2. The molecule has 0 saturated carbocycles. The Bertz CT molecular complexity index is 2050. The zero-order valence-electron chi connectivity index (χ0n) is 29.2. The minimum absolute atomic E-state index is 0.369. The van der Waals surface area contributed by atoms with Crippen molar-refractivity contribution < 1.29 is 9.30 Å². The second-order valence-corrected chi connectivity index (χ2v) is 17.5. The van der Waals surface area contributed by atoms with E-state index in [1.807, 2.05) is 48.3 Å². The molecule has 3 aromatic heterocycles. The van der Waals surface area contributed by atoms with Crippen LogP contribution < -0.4 is 25.6 Å². The van der Waals surface area contributed by atoms with Crippen LogP contribution in [0.25, 0.3) is 22.2 Å². The van der Waals surface area contributed by atoms with Crippen molar-refractivity contribution in [2.24, 2.45) is 7.05 Å². The van der Waals surface area contributed by atoms with Crippen molar-refractivity contribution in [3.8, 4) is 17.0 Å². The first-order valence-corrected chi connectivity index (χ1v) is 20.4. The average Bonchev–Trinajstić information content (AvgIpc) is 3.55. The van der Waals surface area contributed by atoms with E-state index in [9.17, 15) is 4.57 Å². The van der Waals surface area contributed by atoms with E-state index in [4.69, 9.17) is 14.8 Å². The number of halogens is 1. The van der Waals surface area contributed by atoms with Crippen molar-refractivity contribution in [2.75, 3.05) is 82.3 Å². The molecule has 12 nitrogen and oxygen atoms in total. The van der Waals surface area contributed by atoms with Crippen LogP contribution in [0.4, 0.5) is 28.8 Å². The lowest BCUT2D eigenvalue weighted by atomic mass is 9.99. The van der Waals surface area contributed by atoms with Crippen molar-refractivity contribution in [3.05, 3.63) is 65.5 Å². The molecule has 0 radical (unpaired) electrons. The molecule has 2 aliphatic heterocycles. The summed E-state index contributed by atoms with van der Waals surface area (Å²) in [6, 6.07) is 14.6. The van der Waals surface area contributed by atoms with Gasteiger partial charge in [-0.05, 0) is 67.3 Å². The molecule has 0 aliphatic carbocycles. The van der Waals surface area contributed by atoms with E-state index in [1.165, 1.54) is 0 Å². The van der Waals surface area contributed by atoms with E-state index in [0.29, 0.717) is 33.7 Å². The second-order valence-electron chi connectivity index (χ2n) is 13.5. The number of fused-ring (bicyclic) bond motifs is 1. The largest absolute Gasteiger partial charge is 0.494 e. The first kappa shape index (κ1) is 34.4. The zero-order valence-corrected chi connectivity index (χ0v) is 31.7. The average molecular weight is 760 g/mol. The van der Waals surface area contributed by atoms with Gasteiger partial charge in [-0.15, -0.1) is 0 Å². The Morgan fingerprint density at radius 2 is 1.68 bits per heavy atom. The van der Waals surface area contributed by atoms with Crippen LogP contribution >= 0.6 is 23.1 Å². The number of rotatable bonds is 9. The van der Waals surface area contributed by atoms with Gasteiger partial charge in [-0.2, -0.15) is 10.1 Å². The standard InChI is InChI=1S/C36H44BrN10O2P/c1-44-16-18-46(19-17-44)24-10-14-47(15-11-24)32-21-33(49-3)30(20-26(32)29-12-13-45(2)43-29)41-36-39-22-27(37)35(42-36)40-31-23-38-28-9-7-6-8-25(28)34(31)50(4,5)48/h6-9,12-13,20-24H,10-11,14-19H2,1-5H3,(H2,39,40,41,42). The van der Waals surface area contributed by atoms with E-state index < -0.39 is 7.14 Å². The summed E-state index contributed by atoms with van der Waals surface area (Å²) in [5.41, 5.74) is 5.14. The van der Waals surface area contributed by atoms with Crippen LogP contribution in [-0.2, 0) is 11.6 Å². The molecule has 5 aromatic rings. The maximum atomic E-state index is 13.5.